The fourth-order valence-electron chi connectivity index (χ4n) is 1.72. The second-order valence-electron chi connectivity index (χ2n) is 6.92. The number of hydrogen-bond donors (Lipinski definition) is 0. The zero-order chi connectivity index (χ0) is 17.0. The van der Waals surface area contributed by atoms with Gasteiger partial charge in [-0.15, -0.1) is 0 Å². The SMILES string of the molecule is CCOC(=O)CCc1cc(O[Si](C)(C)C(C)(C)C)ccc1Cl. The van der Waals surface area contributed by atoms with Crippen LogP contribution >= 0.6 is 11.6 Å². The quantitative estimate of drug-likeness (QED) is 0.525. The van der Waals surface area contributed by atoms with Gasteiger partial charge in [-0.2, -0.15) is 0 Å². The zero-order valence-corrected chi connectivity index (χ0v) is 16.2. The Morgan fingerprint density at radius 3 is 2.45 bits per heavy atom. The zero-order valence-electron chi connectivity index (χ0n) is 14.5. The smallest absolute Gasteiger partial charge is 0.306 e. The Labute approximate surface area is 140 Å². The van der Waals surface area contributed by atoms with Gasteiger partial charge < -0.3 is 9.16 Å². The Balaban J connectivity index is 2.84. The number of aryl methyl sites for hydroxylation is 1. The van der Waals surface area contributed by atoms with Gasteiger partial charge in [-0.1, -0.05) is 32.4 Å². The molecule has 0 bridgehead atoms. The monoisotopic (exact) mass is 342 g/mol. The van der Waals surface area contributed by atoms with Crippen molar-refractivity contribution in [3.8, 4) is 5.75 Å². The van der Waals surface area contributed by atoms with Crippen molar-refractivity contribution in [2.24, 2.45) is 0 Å². The van der Waals surface area contributed by atoms with Crippen LogP contribution in [0.15, 0.2) is 18.2 Å². The molecule has 124 valence electrons. The lowest BCUT2D eigenvalue weighted by atomic mass is 10.1. The highest BCUT2D eigenvalue weighted by molar-refractivity contribution is 6.74. The first-order valence-corrected chi connectivity index (χ1v) is 11.0. The summed E-state index contributed by atoms with van der Waals surface area (Å²) in [4.78, 5) is 11.5. The molecular formula is C17H27ClO3Si. The molecule has 0 unspecified atom stereocenters. The van der Waals surface area contributed by atoms with Crippen molar-refractivity contribution >= 4 is 25.9 Å². The third kappa shape index (κ3) is 5.32. The predicted molar refractivity (Wildman–Crippen MR) is 94.2 cm³/mol. The van der Waals surface area contributed by atoms with Gasteiger partial charge in [0.15, 0.2) is 0 Å². The predicted octanol–water partition coefficient (Wildman–Crippen LogP) is 5.22. The number of benzene rings is 1. The van der Waals surface area contributed by atoms with E-state index < -0.39 is 8.32 Å². The number of carbonyl (C=O) groups excluding carboxylic acids is 1. The molecule has 0 spiro atoms. The summed E-state index contributed by atoms with van der Waals surface area (Å²) in [5.74, 6) is 0.629. The minimum atomic E-state index is -1.88. The van der Waals surface area contributed by atoms with Crippen molar-refractivity contribution in [3.05, 3.63) is 28.8 Å². The lowest BCUT2D eigenvalue weighted by Crippen LogP contribution is -2.43. The molecule has 0 radical (unpaired) electrons. The molecule has 0 atom stereocenters. The molecule has 5 heteroatoms. The highest BCUT2D eigenvalue weighted by Crippen LogP contribution is 2.38. The van der Waals surface area contributed by atoms with E-state index in [0.717, 1.165) is 11.3 Å². The van der Waals surface area contributed by atoms with Crippen LogP contribution in [0.25, 0.3) is 0 Å². The summed E-state index contributed by atoms with van der Waals surface area (Å²) < 4.78 is 11.2. The van der Waals surface area contributed by atoms with E-state index in [1.165, 1.54) is 0 Å². The first-order chi connectivity index (χ1) is 10.1. The summed E-state index contributed by atoms with van der Waals surface area (Å²) >= 11 is 6.22. The molecule has 0 aromatic heterocycles. The standard InChI is InChI=1S/C17H27ClO3Si/c1-7-20-16(19)11-8-13-12-14(9-10-15(13)18)21-22(5,6)17(2,3)4/h9-10,12H,7-8,11H2,1-6H3. The highest BCUT2D eigenvalue weighted by Gasteiger charge is 2.39. The molecule has 0 amide bonds. The van der Waals surface area contributed by atoms with Gasteiger partial charge in [0.25, 0.3) is 0 Å². The Bertz CT molecular complexity index is 521. The van der Waals surface area contributed by atoms with Gasteiger partial charge in [-0.25, -0.2) is 0 Å². The van der Waals surface area contributed by atoms with E-state index in [4.69, 9.17) is 20.8 Å². The summed E-state index contributed by atoms with van der Waals surface area (Å²) in [5.41, 5.74) is 0.922. The van der Waals surface area contributed by atoms with Crippen LogP contribution in [0.3, 0.4) is 0 Å². The first-order valence-electron chi connectivity index (χ1n) is 7.70. The van der Waals surface area contributed by atoms with Crippen molar-refractivity contribution in [3.63, 3.8) is 0 Å². The molecule has 3 nitrogen and oxygen atoms in total. The topological polar surface area (TPSA) is 35.5 Å². The van der Waals surface area contributed by atoms with Crippen molar-refractivity contribution in [2.45, 2.75) is 58.7 Å². The molecule has 22 heavy (non-hydrogen) atoms. The van der Waals surface area contributed by atoms with E-state index in [0.29, 0.717) is 24.5 Å². The van der Waals surface area contributed by atoms with E-state index >= 15 is 0 Å². The Morgan fingerprint density at radius 2 is 1.91 bits per heavy atom. The lowest BCUT2D eigenvalue weighted by Gasteiger charge is -2.36. The third-order valence-electron chi connectivity index (χ3n) is 4.10. The average Bonchev–Trinajstić information content (AvgIpc) is 2.38. The van der Waals surface area contributed by atoms with Crippen LogP contribution < -0.4 is 4.43 Å². The van der Waals surface area contributed by atoms with Gasteiger partial charge in [-0.3, -0.25) is 4.79 Å². The van der Waals surface area contributed by atoms with Crippen molar-refractivity contribution in [1.82, 2.24) is 0 Å². The average molecular weight is 343 g/mol. The van der Waals surface area contributed by atoms with Crippen molar-refractivity contribution in [2.75, 3.05) is 6.61 Å². The first kappa shape index (κ1) is 19.0. The summed E-state index contributed by atoms with van der Waals surface area (Å²) in [6, 6.07) is 5.68. The van der Waals surface area contributed by atoms with E-state index in [1.807, 2.05) is 18.2 Å². The van der Waals surface area contributed by atoms with Gasteiger partial charge in [0, 0.05) is 11.4 Å². The fourth-order valence-corrected chi connectivity index (χ4v) is 2.96. The van der Waals surface area contributed by atoms with Crippen LogP contribution in [0.2, 0.25) is 23.2 Å². The summed E-state index contributed by atoms with van der Waals surface area (Å²) in [5, 5.41) is 0.796. The Hall–Kier alpha value is -1.00. The molecule has 0 fully saturated rings. The molecule has 0 heterocycles. The van der Waals surface area contributed by atoms with Crippen LogP contribution in [-0.2, 0) is 16.0 Å². The molecule has 0 aliphatic heterocycles. The summed E-state index contributed by atoms with van der Waals surface area (Å²) in [6.07, 6.45) is 0.892. The second-order valence-corrected chi connectivity index (χ2v) is 12.1. The highest BCUT2D eigenvalue weighted by atomic mass is 35.5. The van der Waals surface area contributed by atoms with Gasteiger partial charge in [0.05, 0.1) is 6.61 Å². The van der Waals surface area contributed by atoms with E-state index in [2.05, 4.69) is 33.9 Å². The van der Waals surface area contributed by atoms with E-state index in [1.54, 1.807) is 6.92 Å². The van der Waals surface area contributed by atoms with Gasteiger partial charge in [-0.05, 0) is 55.2 Å². The number of ether oxygens (including phenoxy) is 1. The van der Waals surface area contributed by atoms with E-state index in [-0.39, 0.29) is 11.0 Å². The van der Waals surface area contributed by atoms with Crippen LogP contribution in [0.1, 0.15) is 39.7 Å². The summed E-state index contributed by atoms with van der Waals surface area (Å²) in [6.45, 7) is 13.2. The molecule has 0 aliphatic carbocycles. The number of carbonyl (C=O) groups is 1. The molecule has 1 aromatic carbocycles. The lowest BCUT2D eigenvalue weighted by molar-refractivity contribution is -0.143. The van der Waals surface area contributed by atoms with Gasteiger partial charge in [0.1, 0.15) is 5.75 Å². The van der Waals surface area contributed by atoms with Crippen LogP contribution in [0, 0.1) is 0 Å². The molecule has 1 aromatic rings. The molecule has 1 rings (SSSR count). The summed E-state index contributed by atoms with van der Waals surface area (Å²) in [7, 11) is -1.88. The van der Waals surface area contributed by atoms with Crippen LogP contribution in [0.5, 0.6) is 5.75 Å². The Morgan fingerprint density at radius 1 is 1.27 bits per heavy atom. The number of rotatable bonds is 6. The largest absolute Gasteiger partial charge is 0.543 e. The molecule has 0 saturated carbocycles. The van der Waals surface area contributed by atoms with Crippen LogP contribution in [0.4, 0.5) is 0 Å². The minimum absolute atomic E-state index is 0.137. The second kappa shape index (κ2) is 7.51. The number of halogens is 1. The van der Waals surface area contributed by atoms with Crippen molar-refractivity contribution in [1.29, 1.82) is 0 Å². The minimum Gasteiger partial charge on any atom is -0.543 e. The molecule has 0 saturated heterocycles. The van der Waals surface area contributed by atoms with Crippen LogP contribution in [-0.4, -0.2) is 20.9 Å². The molecule has 0 aliphatic rings. The van der Waals surface area contributed by atoms with Crippen molar-refractivity contribution < 1.29 is 14.0 Å². The van der Waals surface area contributed by atoms with Gasteiger partial charge in [0.2, 0.25) is 8.32 Å². The molecular weight excluding hydrogens is 316 g/mol. The maximum atomic E-state index is 11.5. The normalized spacial score (nSPS) is 12.1. The number of esters is 1. The fraction of sp³-hybridized carbons (Fsp3) is 0.588. The Kier molecular flexibility index (Phi) is 6.50. The maximum absolute atomic E-state index is 11.5. The van der Waals surface area contributed by atoms with Gasteiger partial charge >= 0.3 is 5.97 Å². The third-order valence-corrected chi connectivity index (χ3v) is 8.83. The van der Waals surface area contributed by atoms with E-state index in [9.17, 15) is 4.79 Å². The number of hydrogen-bond acceptors (Lipinski definition) is 3. The maximum Gasteiger partial charge on any atom is 0.306 e. The molecule has 0 N–H and O–H groups in total.